The minimum atomic E-state index is -0.347. The van der Waals surface area contributed by atoms with E-state index in [1.807, 2.05) is 31.2 Å². The van der Waals surface area contributed by atoms with Crippen molar-refractivity contribution in [3.05, 3.63) is 29.8 Å². The fourth-order valence-corrected chi connectivity index (χ4v) is 4.39. The summed E-state index contributed by atoms with van der Waals surface area (Å²) in [6.07, 6.45) is 1.39. The molecular formula is C15H18N2O2S. The maximum atomic E-state index is 12.4. The van der Waals surface area contributed by atoms with Crippen LogP contribution in [0, 0.1) is 6.92 Å². The first-order valence-electron chi connectivity index (χ1n) is 6.83. The van der Waals surface area contributed by atoms with Gasteiger partial charge in [-0.15, -0.1) is 11.8 Å². The minimum absolute atomic E-state index is 0.0814. The van der Waals surface area contributed by atoms with E-state index >= 15 is 0 Å². The van der Waals surface area contributed by atoms with Crippen molar-refractivity contribution in [3.8, 4) is 0 Å². The molecule has 2 heterocycles. The highest BCUT2D eigenvalue weighted by atomic mass is 32.2. The second-order valence-electron chi connectivity index (χ2n) is 5.62. The number of carbonyl (C=O) groups is 2. The second-order valence-corrected chi connectivity index (χ2v) is 7.13. The van der Waals surface area contributed by atoms with Crippen LogP contribution in [0.1, 0.15) is 25.3 Å². The minimum Gasteiger partial charge on any atom is -0.324 e. The lowest BCUT2D eigenvalue weighted by molar-refractivity contribution is -0.135. The highest BCUT2D eigenvalue weighted by Gasteiger charge is 2.52. The normalized spacial score (nSPS) is 28.6. The molecule has 3 rings (SSSR count). The Labute approximate surface area is 122 Å². The Morgan fingerprint density at radius 2 is 2.30 bits per heavy atom. The highest BCUT2D eigenvalue weighted by Crippen LogP contribution is 2.47. The average Bonchev–Trinajstić information content (AvgIpc) is 2.87. The predicted octanol–water partition coefficient (Wildman–Crippen LogP) is 2.39. The molecule has 0 radical (unpaired) electrons. The standard InChI is InChI=1S/C15H18N2O2S/c1-10-4-3-5-11(8-10)16-14(19)12-9-20-15(2)7-6-13(18)17(12)15/h3-5,8,12H,6-7,9H2,1-2H3,(H,16,19). The van der Waals surface area contributed by atoms with Crippen molar-refractivity contribution in [1.82, 2.24) is 4.90 Å². The zero-order chi connectivity index (χ0) is 14.3. The number of anilines is 1. The van der Waals surface area contributed by atoms with E-state index in [2.05, 4.69) is 12.2 Å². The number of rotatable bonds is 2. The molecule has 0 spiro atoms. The number of benzene rings is 1. The second kappa shape index (κ2) is 4.81. The smallest absolute Gasteiger partial charge is 0.248 e. The fourth-order valence-electron chi connectivity index (χ4n) is 2.96. The molecule has 0 aromatic heterocycles. The molecule has 2 amide bonds. The first kappa shape index (κ1) is 13.5. The van der Waals surface area contributed by atoms with Gasteiger partial charge in [0.1, 0.15) is 6.04 Å². The lowest BCUT2D eigenvalue weighted by Crippen LogP contribution is -2.48. The van der Waals surface area contributed by atoms with Crippen LogP contribution in [0.15, 0.2) is 24.3 Å². The first-order chi connectivity index (χ1) is 9.49. The van der Waals surface area contributed by atoms with Gasteiger partial charge in [-0.25, -0.2) is 0 Å². The van der Waals surface area contributed by atoms with Crippen LogP contribution in [0.4, 0.5) is 5.69 Å². The number of hydrogen-bond donors (Lipinski definition) is 1. The van der Waals surface area contributed by atoms with Gasteiger partial charge in [0.05, 0.1) is 4.87 Å². The van der Waals surface area contributed by atoms with E-state index in [9.17, 15) is 9.59 Å². The van der Waals surface area contributed by atoms with Crippen LogP contribution in [0.2, 0.25) is 0 Å². The van der Waals surface area contributed by atoms with Crippen molar-refractivity contribution >= 4 is 29.3 Å². The molecule has 0 saturated carbocycles. The summed E-state index contributed by atoms with van der Waals surface area (Å²) in [5.74, 6) is 0.698. The van der Waals surface area contributed by atoms with E-state index in [-0.39, 0.29) is 22.7 Å². The average molecular weight is 290 g/mol. The third kappa shape index (κ3) is 2.20. The molecule has 1 N–H and O–H groups in total. The van der Waals surface area contributed by atoms with E-state index in [1.165, 1.54) is 0 Å². The maximum absolute atomic E-state index is 12.4. The molecule has 2 atom stereocenters. The number of thioether (sulfide) groups is 1. The van der Waals surface area contributed by atoms with Crippen LogP contribution in [-0.2, 0) is 9.59 Å². The van der Waals surface area contributed by atoms with Gasteiger partial charge >= 0.3 is 0 Å². The molecule has 2 aliphatic heterocycles. The van der Waals surface area contributed by atoms with E-state index < -0.39 is 0 Å². The molecule has 1 aromatic rings. The van der Waals surface area contributed by atoms with Gasteiger partial charge in [-0.3, -0.25) is 9.59 Å². The molecular weight excluding hydrogens is 272 g/mol. The van der Waals surface area contributed by atoms with Crippen molar-refractivity contribution in [3.63, 3.8) is 0 Å². The molecule has 106 valence electrons. The Balaban J connectivity index is 1.76. The Morgan fingerprint density at radius 3 is 3.05 bits per heavy atom. The maximum Gasteiger partial charge on any atom is 0.248 e. The van der Waals surface area contributed by atoms with Crippen molar-refractivity contribution in [1.29, 1.82) is 0 Å². The zero-order valence-electron chi connectivity index (χ0n) is 11.7. The highest BCUT2D eigenvalue weighted by molar-refractivity contribution is 8.01. The number of nitrogens with zero attached hydrogens (tertiary/aromatic N) is 1. The topological polar surface area (TPSA) is 49.4 Å². The van der Waals surface area contributed by atoms with E-state index in [0.29, 0.717) is 12.2 Å². The van der Waals surface area contributed by atoms with Crippen molar-refractivity contribution in [2.24, 2.45) is 0 Å². The Kier molecular flexibility index (Phi) is 3.24. The number of fused-ring (bicyclic) bond motifs is 1. The van der Waals surface area contributed by atoms with E-state index in [4.69, 9.17) is 0 Å². The molecule has 2 fully saturated rings. The van der Waals surface area contributed by atoms with Crippen LogP contribution in [0.25, 0.3) is 0 Å². The summed E-state index contributed by atoms with van der Waals surface area (Å²) in [4.78, 5) is 26.0. The van der Waals surface area contributed by atoms with Gasteiger partial charge in [-0.05, 0) is 38.0 Å². The lowest BCUT2D eigenvalue weighted by Gasteiger charge is -2.29. The van der Waals surface area contributed by atoms with Crippen molar-refractivity contribution in [2.45, 2.75) is 37.6 Å². The molecule has 1 aromatic carbocycles. The monoisotopic (exact) mass is 290 g/mol. The first-order valence-corrected chi connectivity index (χ1v) is 7.82. The van der Waals surface area contributed by atoms with Crippen LogP contribution in [0.3, 0.4) is 0 Å². The van der Waals surface area contributed by atoms with Crippen LogP contribution in [-0.4, -0.2) is 33.4 Å². The fraction of sp³-hybridized carbons (Fsp3) is 0.467. The summed E-state index contributed by atoms with van der Waals surface area (Å²) in [6, 6.07) is 7.37. The number of aryl methyl sites for hydroxylation is 1. The molecule has 4 nitrogen and oxygen atoms in total. The summed E-state index contributed by atoms with van der Waals surface area (Å²) in [5.41, 5.74) is 1.89. The number of carbonyl (C=O) groups excluding carboxylic acids is 2. The molecule has 2 saturated heterocycles. The predicted molar refractivity (Wildman–Crippen MR) is 80.5 cm³/mol. The Bertz CT molecular complexity index is 575. The molecule has 2 aliphatic rings. The van der Waals surface area contributed by atoms with Gasteiger partial charge in [0.2, 0.25) is 11.8 Å². The summed E-state index contributed by atoms with van der Waals surface area (Å²) in [6.45, 7) is 4.05. The van der Waals surface area contributed by atoms with E-state index in [0.717, 1.165) is 17.7 Å². The lowest BCUT2D eigenvalue weighted by atomic mass is 10.2. The third-order valence-corrected chi connectivity index (χ3v) is 5.54. The molecule has 0 aliphatic carbocycles. The number of hydrogen-bond acceptors (Lipinski definition) is 3. The van der Waals surface area contributed by atoms with Gasteiger partial charge in [0, 0.05) is 17.9 Å². The summed E-state index contributed by atoms with van der Waals surface area (Å²) in [5, 5.41) is 2.93. The SMILES string of the molecule is Cc1cccc(NC(=O)C2CSC3(C)CCC(=O)N23)c1. The van der Waals surface area contributed by atoms with E-state index in [1.54, 1.807) is 16.7 Å². The van der Waals surface area contributed by atoms with Crippen LogP contribution >= 0.6 is 11.8 Å². The number of amides is 2. The Morgan fingerprint density at radius 1 is 1.50 bits per heavy atom. The summed E-state index contributed by atoms with van der Waals surface area (Å²) >= 11 is 1.71. The molecule has 5 heteroatoms. The summed E-state index contributed by atoms with van der Waals surface area (Å²) < 4.78 is 0. The van der Waals surface area contributed by atoms with Gasteiger partial charge < -0.3 is 10.2 Å². The quantitative estimate of drug-likeness (QED) is 0.910. The molecule has 2 unspecified atom stereocenters. The van der Waals surface area contributed by atoms with Gasteiger partial charge in [0.25, 0.3) is 0 Å². The zero-order valence-corrected chi connectivity index (χ0v) is 12.5. The Hall–Kier alpha value is -1.49. The van der Waals surface area contributed by atoms with Crippen LogP contribution < -0.4 is 5.32 Å². The van der Waals surface area contributed by atoms with Gasteiger partial charge in [-0.2, -0.15) is 0 Å². The van der Waals surface area contributed by atoms with Gasteiger partial charge in [0.15, 0.2) is 0 Å². The molecule has 20 heavy (non-hydrogen) atoms. The van der Waals surface area contributed by atoms with Crippen molar-refractivity contribution < 1.29 is 9.59 Å². The number of nitrogens with one attached hydrogen (secondary N) is 1. The van der Waals surface area contributed by atoms with Crippen molar-refractivity contribution in [2.75, 3.05) is 11.1 Å². The van der Waals surface area contributed by atoms with Gasteiger partial charge in [-0.1, -0.05) is 12.1 Å². The third-order valence-electron chi connectivity index (χ3n) is 4.03. The summed E-state index contributed by atoms with van der Waals surface area (Å²) in [7, 11) is 0. The molecule has 0 bridgehead atoms. The van der Waals surface area contributed by atoms with Crippen LogP contribution in [0.5, 0.6) is 0 Å². The largest absolute Gasteiger partial charge is 0.324 e.